The zero-order valence-electron chi connectivity index (χ0n) is 15.9. The van der Waals surface area contributed by atoms with Gasteiger partial charge in [0.15, 0.2) is 12.4 Å². The Kier molecular flexibility index (Phi) is 6.34. The molecule has 11 heteroatoms. The van der Waals surface area contributed by atoms with Crippen molar-refractivity contribution in [2.24, 2.45) is 5.92 Å². The number of rotatable bonds is 7. The first-order chi connectivity index (χ1) is 14.8. The van der Waals surface area contributed by atoms with Crippen molar-refractivity contribution in [1.82, 2.24) is 10.4 Å². The summed E-state index contributed by atoms with van der Waals surface area (Å²) in [5.74, 6) is -4.26. The third-order valence-electron chi connectivity index (χ3n) is 4.55. The molecule has 1 N–H and O–H groups in total. The Hall–Kier alpha value is -4.15. The number of hydrogen-bond acceptors (Lipinski definition) is 7. The number of nitro groups is 1. The molecule has 1 aliphatic rings. The van der Waals surface area contributed by atoms with Crippen molar-refractivity contribution in [1.29, 1.82) is 0 Å². The minimum absolute atomic E-state index is 0.162. The molecule has 0 spiro atoms. The molecular formula is C20H16FN3O7. The summed E-state index contributed by atoms with van der Waals surface area (Å²) < 4.78 is 17.9. The van der Waals surface area contributed by atoms with Gasteiger partial charge < -0.3 is 4.74 Å². The molecule has 31 heavy (non-hydrogen) atoms. The summed E-state index contributed by atoms with van der Waals surface area (Å²) in [6.45, 7) is -0.799. The molecule has 0 saturated carbocycles. The van der Waals surface area contributed by atoms with E-state index in [1.54, 1.807) is 0 Å². The fourth-order valence-corrected chi connectivity index (χ4v) is 2.95. The Morgan fingerprint density at radius 2 is 1.84 bits per heavy atom. The number of carbonyl (C=O) groups is 4. The molecule has 0 radical (unpaired) electrons. The minimum Gasteiger partial charge on any atom is -0.457 e. The monoisotopic (exact) mass is 429 g/mol. The predicted molar refractivity (Wildman–Crippen MR) is 102 cm³/mol. The number of amides is 2. The van der Waals surface area contributed by atoms with Gasteiger partial charge in [0.25, 0.3) is 11.6 Å². The highest BCUT2D eigenvalue weighted by Crippen LogP contribution is 2.21. The number of halogens is 1. The lowest BCUT2D eigenvalue weighted by Gasteiger charge is -2.17. The number of Topliss-reactive ketones (excluding diaryl/α,β-unsaturated/α-hetero) is 1. The first-order valence-electron chi connectivity index (χ1n) is 9.06. The van der Waals surface area contributed by atoms with E-state index in [-0.39, 0.29) is 24.1 Å². The average molecular weight is 429 g/mol. The molecular weight excluding hydrogens is 413 g/mol. The molecule has 1 heterocycles. The Labute approximate surface area is 174 Å². The summed E-state index contributed by atoms with van der Waals surface area (Å²) in [5.41, 5.74) is 1.74. The zero-order chi connectivity index (χ0) is 22.5. The maximum Gasteiger partial charge on any atom is 0.311 e. The number of nitrogens with one attached hydrogen (secondary N) is 1. The van der Waals surface area contributed by atoms with E-state index in [0.717, 1.165) is 23.2 Å². The van der Waals surface area contributed by atoms with Crippen molar-refractivity contribution in [3.05, 3.63) is 75.6 Å². The minimum atomic E-state index is -0.931. The van der Waals surface area contributed by atoms with Crippen LogP contribution in [0, 0.1) is 21.8 Å². The van der Waals surface area contributed by atoms with E-state index in [1.165, 1.54) is 30.3 Å². The van der Waals surface area contributed by atoms with E-state index < -0.39 is 52.5 Å². The van der Waals surface area contributed by atoms with Gasteiger partial charge in [-0.15, -0.1) is 0 Å². The van der Waals surface area contributed by atoms with Crippen molar-refractivity contribution in [3.63, 3.8) is 0 Å². The number of ketones is 1. The number of benzene rings is 2. The van der Waals surface area contributed by atoms with Gasteiger partial charge in [-0.1, -0.05) is 12.1 Å². The molecule has 0 unspecified atom stereocenters. The van der Waals surface area contributed by atoms with Crippen LogP contribution in [0.5, 0.6) is 0 Å². The second-order valence-electron chi connectivity index (χ2n) is 6.66. The Morgan fingerprint density at radius 3 is 2.52 bits per heavy atom. The van der Waals surface area contributed by atoms with Gasteiger partial charge in [-0.2, -0.15) is 0 Å². The number of esters is 1. The first kappa shape index (κ1) is 21.6. The molecule has 1 fully saturated rings. The maximum atomic E-state index is 12.9. The van der Waals surface area contributed by atoms with Crippen molar-refractivity contribution in [2.45, 2.75) is 6.42 Å². The Morgan fingerprint density at radius 1 is 1.16 bits per heavy atom. The van der Waals surface area contributed by atoms with E-state index in [9.17, 15) is 33.7 Å². The standard InChI is InChI=1S/C20H16FN3O7/c21-14-7-5-12(6-8-14)17(25)11-31-20(28)13-9-18(26)23(10-13)22-19(27)15-3-1-2-4-16(15)24(29)30/h1-8,13H,9-11H2,(H,22,27)/t13-/m1/s1. The lowest BCUT2D eigenvalue weighted by Crippen LogP contribution is -2.43. The van der Waals surface area contributed by atoms with Crippen LogP contribution in [0.15, 0.2) is 48.5 Å². The summed E-state index contributed by atoms with van der Waals surface area (Å²) in [6.07, 6.45) is -0.263. The van der Waals surface area contributed by atoms with Crippen LogP contribution >= 0.6 is 0 Å². The molecule has 160 valence electrons. The van der Waals surface area contributed by atoms with Crippen molar-refractivity contribution in [3.8, 4) is 0 Å². The van der Waals surface area contributed by atoms with Gasteiger partial charge >= 0.3 is 5.97 Å². The van der Waals surface area contributed by atoms with E-state index in [4.69, 9.17) is 4.74 Å². The smallest absolute Gasteiger partial charge is 0.311 e. The van der Waals surface area contributed by atoms with Crippen LogP contribution in [0.25, 0.3) is 0 Å². The summed E-state index contributed by atoms with van der Waals surface area (Å²) in [7, 11) is 0. The lowest BCUT2D eigenvalue weighted by atomic mass is 10.1. The quantitative estimate of drug-likeness (QED) is 0.306. The second kappa shape index (κ2) is 9.11. The summed E-state index contributed by atoms with van der Waals surface area (Å²) in [5, 5.41) is 11.9. The molecule has 1 saturated heterocycles. The maximum absolute atomic E-state index is 12.9. The summed E-state index contributed by atoms with van der Waals surface area (Å²) in [4.78, 5) is 59.0. The van der Waals surface area contributed by atoms with E-state index in [0.29, 0.717) is 0 Å². The van der Waals surface area contributed by atoms with Gasteiger partial charge in [0.2, 0.25) is 5.91 Å². The number of nitrogens with zero attached hydrogens (tertiary/aromatic N) is 2. The molecule has 2 aromatic rings. The normalized spacial score (nSPS) is 15.5. The Balaban J connectivity index is 1.56. The number of carbonyl (C=O) groups excluding carboxylic acids is 4. The Bertz CT molecular complexity index is 1050. The zero-order valence-corrected chi connectivity index (χ0v) is 15.9. The number of hydrogen-bond donors (Lipinski definition) is 1. The van der Waals surface area contributed by atoms with Gasteiger partial charge in [0.1, 0.15) is 11.4 Å². The largest absolute Gasteiger partial charge is 0.457 e. The van der Waals surface area contributed by atoms with Gasteiger partial charge in [-0.25, -0.2) is 4.39 Å². The molecule has 10 nitrogen and oxygen atoms in total. The predicted octanol–water partition coefficient (Wildman–Crippen LogP) is 1.65. The van der Waals surface area contributed by atoms with Crippen molar-refractivity contribution < 1.29 is 33.2 Å². The molecule has 0 aliphatic carbocycles. The van der Waals surface area contributed by atoms with Crippen LogP contribution < -0.4 is 5.43 Å². The average Bonchev–Trinajstić information content (AvgIpc) is 3.12. The highest BCUT2D eigenvalue weighted by Gasteiger charge is 2.37. The van der Waals surface area contributed by atoms with E-state index in [2.05, 4.69) is 5.43 Å². The number of nitro benzene ring substituents is 1. The van der Waals surface area contributed by atoms with Gasteiger partial charge in [-0.3, -0.25) is 39.7 Å². The van der Waals surface area contributed by atoms with Crippen LogP contribution in [0.3, 0.4) is 0 Å². The fraction of sp³-hybridized carbons (Fsp3) is 0.200. The molecule has 2 amide bonds. The lowest BCUT2D eigenvalue weighted by molar-refractivity contribution is -0.385. The third-order valence-corrected chi connectivity index (χ3v) is 4.55. The van der Waals surface area contributed by atoms with Crippen LogP contribution in [0.1, 0.15) is 27.1 Å². The molecule has 1 atom stereocenters. The van der Waals surface area contributed by atoms with Gasteiger partial charge in [-0.05, 0) is 30.3 Å². The third kappa shape index (κ3) is 5.07. The topological polar surface area (TPSA) is 136 Å². The fourth-order valence-electron chi connectivity index (χ4n) is 2.95. The molecule has 0 aromatic heterocycles. The van der Waals surface area contributed by atoms with Crippen LogP contribution in [0.2, 0.25) is 0 Å². The highest BCUT2D eigenvalue weighted by atomic mass is 19.1. The number of para-hydroxylation sites is 1. The molecule has 1 aliphatic heterocycles. The van der Waals surface area contributed by atoms with Crippen molar-refractivity contribution >= 4 is 29.3 Å². The highest BCUT2D eigenvalue weighted by molar-refractivity contribution is 6.00. The van der Waals surface area contributed by atoms with Crippen LogP contribution in [-0.2, 0) is 14.3 Å². The number of ether oxygens (including phenoxy) is 1. The van der Waals surface area contributed by atoms with Crippen LogP contribution in [0.4, 0.5) is 10.1 Å². The molecule has 3 rings (SSSR count). The molecule has 0 bridgehead atoms. The molecule has 2 aromatic carbocycles. The SMILES string of the molecule is O=C(COC(=O)[C@@H]1CC(=O)N(NC(=O)c2ccccc2[N+](=O)[O-])C1)c1ccc(F)cc1. The summed E-state index contributed by atoms with van der Waals surface area (Å²) >= 11 is 0. The van der Waals surface area contributed by atoms with Gasteiger partial charge in [0.05, 0.1) is 17.4 Å². The first-order valence-corrected chi connectivity index (χ1v) is 9.06. The number of hydrazine groups is 1. The van der Waals surface area contributed by atoms with E-state index >= 15 is 0 Å². The van der Waals surface area contributed by atoms with Gasteiger partial charge in [0, 0.05) is 18.1 Å². The second-order valence-corrected chi connectivity index (χ2v) is 6.66. The van der Waals surface area contributed by atoms with Crippen molar-refractivity contribution in [2.75, 3.05) is 13.2 Å². The van der Waals surface area contributed by atoms with Crippen LogP contribution in [-0.4, -0.2) is 46.7 Å². The summed E-state index contributed by atoms with van der Waals surface area (Å²) in [6, 6.07) is 9.93. The van der Waals surface area contributed by atoms with E-state index in [1.807, 2.05) is 0 Å².